The van der Waals surface area contributed by atoms with Gasteiger partial charge >= 0.3 is 6.18 Å². The van der Waals surface area contributed by atoms with E-state index < -0.39 is 42.2 Å². The summed E-state index contributed by atoms with van der Waals surface area (Å²) in [5, 5.41) is 3.61. The molecule has 4 rings (SSSR count). The molecule has 2 aromatic heterocycles. The number of halogens is 4. The second kappa shape index (κ2) is 7.22. The molecule has 0 radical (unpaired) electrons. The number of hydrogen-bond donors (Lipinski definition) is 0. The highest BCUT2D eigenvalue weighted by Crippen LogP contribution is 2.47. The molecule has 1 aromatic carbocycles. The smallest absolute Gasteiger partial charge is 0.341 e. The molecule has 1 aliphatic heterocycles. The van der Waals surface area contributed by atoms with Gasteiger partial charge in [-0.25, -0.2) is 9.37 Å². The van der Waals surface area contributed by atoms with Crippen molar-refractivity contribution < 1.29 is 26.9 Å². The van der Waals surface area contributed by atoms with Crippen molar-refractivity contribution in [3.05, 3.63) is 54.2 Å². The Morgan fingerprint density at radius 3 is 2.80 bits per heavy atom. The molecule has 7 nitrogen and oxygen atoms in total. The fourth-order valence-corrected chi connectivity index (χ4v) is 3.53. The molecule has 0 saturated carbocycles. The van der Waals surface area contributed by atoms with Crippen LogP contribution in [-0.4, -0.2) is 49.8 Å². The molecule has 30 heavy (non-hydrogen) atoms. The highest BCUT2D eigenvalue weighted by Gasteiger charge is 2.63. The van der Waals surface area contributed by atoms with Gasteiger partial charge in [-0.3, -0.25) is 4.79 Å². The number of hydrogen-bond acceptors (Lipinski definition) is 5. The molecule has 1 amide bonds. The van der Waals surface area contributed by atoms with Crippen LogP contribution in [0.15, 0.2) is 41.3 Å². The van der Waals surface area contributed by atoms with E-state index in [4.69, 9.17) is 4.52 Å². The molecule has 1 fully saturated rings. The summed E-state index contributed by atoms with van der Waals surface area (Å²) in [7, 11) is 1.70. The average Bonchev–Trinajstić information content (AvgIpc) is 3.41. The lowest BCUT2D eigenvalue weighted by Crippen LogP contribution is -2.46. The van der Waals surface area contributed by atoms with E-state index in [-0.39, 0.29) is 24.4 Å². The first-order chi connectivity index (χ1) is 14.2. The first-order valence-corrected chi connectivity index (χ1v) is 9.09. The number of rotatable bonds is 4. The van der Waals surface area contributed by atoms with Gasteiger partial charge in [-0.05, 0) is 18.6 Å². The van der Waals surface area contributed by atoms with Gasteiger partial charge in [0.1, 0.15) is 5.82 Å². The molecule has 0 N–H and O–H groups in total. The normalized spacial score (nSPS) is 19.4. The predicted octanol–water partition coefficient (Wildman–Crippen LogP) is 2.88. The van der Waals surface area contributed by atoms with Gasteiger partial charge in [-0.1, -0.05) is 17.3 Å². The Bertz CT molecular complexity index is 1080. The summed E-state index contributed by atoms with van der Waals surface area (Å²) >= 11 is 0. The third-order valence-electron chi connectivity index (χ3n) is 5.33. The molecule has 0 spiro atoms. The zero-order valence-corrected chi connectivity index (χ0v) is 15.9. The molecule has 3 aromatic rings. The molecule has 1 saturated heterocycles. The summed E-state index contributed by atoms with van der Waals surface area (Å²) in [6, 6.07) is 5.17. The molecule has 158 valence electrons. The monoisotopic (exact) mass is 423 g/mol. The number of amides is 1. The largest absolute Gasteiger partial charge is 0.405 e. The first-order valence-electron chi connectivity index (χ1n) is 9.09. The summed E-state index contributed by atoms with van der Waals surface area (Å²) in [6.07, 6.45) is -2.19. The minimum absolute atomic E-state index is 0.0667. The Kier molecular flexibility index (Phi) is 4.83. The second-order valence-corrected chi connectivity index (χ2v) is 7.25. The number of aryl methyl sites for hydroxylation is 1. The van der Waals surface area contributed by atoms with E-state index in [2.05, 4.69) is 15.1 Å². The van der Waals surface area contributed by atoms with Crippen LogP contribution in [0.1, 0.15) is 18.0 Å². The molecular weight excluding hydrogens is 406 g/mol. The number of nitrogens with zero attached hydrogens (tertiary/aromatic N) is 5. The molecule has 3 heterocycles. The number of alkyl halides is 3. The maximum atomic E-state index is 14.1. The van der Waals surface area contributed by atoms with Crippen LogP contribution >= 0.6 is 0 Å². The molecule has 11 heteroatoms. The SMILES string of the molecule is Cn1cncc1CC(=O)N1CCC(c2nc(-c3cccc(F)c3)no2)(C(F)(F)F)C1. The van der Waals surface area contributed by atoms with Gasteiger partial charge in [-0.15, -0.1) is 0 Å². The second-order valence-electron chi connectivity index (χ2n) is 7.25. The lowest BCUT2D eigenvalue weighted by molar-refractivity contribution is -0.193. The maximum Gasteiger partial charge on any atom is 0.405 e. The Morgan fingerprint density at radius 2 is 2.13 bits per heavy atom. The van der Waals surface area contributed by atoms with Gasteiger partial charge in [-0.2, -0.15) is 18.2 Å². The standard InChI is InChI=1S/C19H17F4N5O2/c1-27-11-24-9-14(27)8-15(29)28-6-5-18(10-28,19(21,22)23)17-25-16(26-30-17)12-3-2-4-13(20)7-12/h2-4,7,9,11H,5-6,8,10H2,1H3. The quantitative estimate of drug-likeness (QED) is 0.603. The molecular formula is C19H17F4N5O2. The van der Waals surface area contributed by atoms with Crippen LogP contribution in [0.3, 0.4) is 0 Å². The number of likely N-dealkylation sites (tertiary alicyclic amines) is 1. The predicted molar refractivity (Wildman–Crippen MR) is 95.5 cm³/mol. The van der Waals surface area contributed by atoms with Crippen molar-refractivity contribution in [3.8, 4) is 11.4 Å². The molecule has 0 aliphatic carbocycles. The lowest BCUT2D eigenvalue weighted by Gasteiger charge is -2.28. The van der Waals surface area contributed by atoms with Crippen molar-refractivity contribution in [3.63, 3.8) is 0 Å². The van der Waals surface area contributed by atoms with Crippen molar-refractivity contribution in [2.45, 2.75) is 24.4 Å². The van der Waals surface area contributed by atoms with Crippen LogP contribution in [0.4, 0.5) is 17.6 Å². The van der Waals surface area contributed by atoms with Crippen molar-refractivity contribution >= 4 is 5.91 Å². The summed E-state index contributed by atoms with van der Waals surface area (Å²) in [4.78, 5) is 21.5. The van der Waals surface area contributed by atoms with Gasteiger partial charge in [0.2, 0.25) is 17.6 Å². The van der Waals surface area contributed by atoms with Gasteiger partial charge in [0, 0.05) is 37.6 Å². The van der Waals surface area contributed by atoms with E-state index in [1.807, 2.05) is 0 Å². The first kappa shape index (κ1) is 20.0. The minimum atomic E-state index is -4.72. The zero-order valence-electron chi connectivity index (χ0n) is 15.9. The number of aromatic nitrogens is 4. The van der Waals surface area contributed by atoms with Crippen LogP contribution in [0.5, 0.6) is 0 Å². The van der Waals surface area contributed by atoms with Crippen molar-refractivity contribution in [1.29, 1.82) is 0 Å². The summed E-state index contributed by atoms with van der Waals surface area (Å²) in [6.45, 7) is -0.730. The minimum Gasteiger partial charge on any atom is -0.341 e. The van der Waals surface area contributed by atoms with Crippen LogP contribution in [0.25, 0.3) is 11.4 Å². The van der Waals surface area contributed by atoms with E-state index in [1.54, 1.807) is 11.6 Å². The molecule has 1 aliphatic rings. The Labute approximate surface area is 168 Å². The highest BCUT2D eigenvalue weighted by atomic mass is 19.4. The Morgan fingerprint density at radius 1 is 1.33 bits per heavy atom. The average molecular weight is 423 g/mol. The van der Waals surface area contributed by atoms with Crippen molar-refractivity contribution in [2.75, 3.05) is 13.1 Å². The van der Waals surface area contributed by atoms with Crippen LogP contribution in [0, 0.1) is 5.82 Å². The lowest BCUT2D eigenvalue weighted by atomic mass is 9.86. The van der Waals surface area contributed by atoms with E-state index in [0.717, 1.165) is 11.0 Å². The van der Waals surface area contributed by atoms with Crippen molar-refractivity contribution in [2.24, 2.45) is 7.05 Å². The Hall–Kier alpha value is -3.24. The highest BCUT2D eigenvalue weighted by molar-refractivity contribution is 5.79. The number of imidazole rings is 1. The molecule has 1 atom stereocenters. The van der Waals surface area contributed by atoms with E-state index in [0.29, 0.717) is 5.69 Å². The van der Waals surface area contributed by atoms with Gasteiger partial charge < -0.3 is 14.0 Å². The van der Waals surface area contributed by atoms with Gasteiger partial charge in [0.15, 0.2) is 5.41 Å². The third kappa shape index (κ3) is 3.44. The molecule has 0 bridgehead atoms. The number of carbonyl (C=O) groups excluding carboxylic acids is 1. The molecule has 1 unspecified atom stereocenters. The summed E-state index contributed by atoms with van der Waals surface area (Å²) in [5.74, 6) is -1.80. The topological polar surface area (TPSA) is 77.1 Å². The van der Waals surface area contributed by atoms with E-state index in [9.17, 15) is 22.4 Å². The van der Waals surface area contributed by atoms with Crippen molar-refractivity contribution in [1.82, 2.24) is 24.6 Å². The van der Waals surface area contributed by atoms with Gasteiger partial charge in [0.05, 0.1) is 12.7 Å². The van der Waals surface area contributed by atoms with E-state index in [1.165, 1.54) is 30.7 Å². The zero-order chi connectivity index (χ0) is 21.5. The van der Waals surface area contributed by atoms with Crippen LogP contribution in [0.2, 0.25) is 0 Å². The van der Waals surface area contributed by atoms with E-state index >= 15 is 0 Å². The van der Waals surface area contributed by atoms with Gasteiger partial charge in [0.25, 0.3) is 0 Å². The van der Waals surface area contributed by atoms with Crippen LogP contribution < -0.4 is 0 Å². The van der Waals surface area contributed by atoms with Crippen LogP contribution in [-0.2, 0) is 23.7 Å². The number of carbonyl (C=O) groups is 1. The fraction of sp³-hybridized carbons (Fsp3) is 0.368. The summed E-state index contributed by atoms with van der Waals surface area (Å²) < 4.78 is 62.4. The Balaban J connectivity index is 1.61. The maximum absolute atomic E-state index is 14.1. The number of benzene rings is 1. The summed E-state index contributed by atoms with van der Waals surface area (Å²) in [5.41, 5.74) is -1.69. The third-order valence-corrected chi connectivity index (χ3v) is 5.33. The fourth-order valence-electron chi connectivity index (χ4n) is 3.53.